The van der Waals surface area contributed by atoms with Gasteiger partial charge in [0.15, 0.2) is 5.78 Å². The number of hydrogen-bond donors (Lipinski definition) is 1. The Balaban J connectivity index is 1.89. The molecule has 2 rings (SSSR count). The van der Waals surface area contributed by atoms with Crippen LogP contribution < -0.4 is 0 Å². The Morgan fingerprint density at radius 2 is 2.17 bits per heavy atom. The van der Waals surface area contributed by atoms with E-state index in [0.29, 0.717) is 5.75 Å². The van der Waals surface area contributed by atoms with E-state index < -0.39 is 0 Å². The largest absolute Gasteiger partial charge is 0.396 e. The van der Waals surface area contributed by atoms with Crippen molar-refractivity contribution in [1.29, 1.82) is 0 Å². The summed E-state index contributed by atoms with van der Waals surface area (Å²) >= 11 is 1.61. The SMILES string of the molecule is CC(CO)CSCC(=O)c1ccc2c(c1)CCC2. The van der Waals surface area contributed by atoms with E-state index in [4.69, 9.17) is 5.11 Å². The number of aryl methyl sites for hydroxylation is 2. The van der Waals surface area contributed by atoms with Crippen LogP contribution in [0.25, 0.3) is 0 Å². The number of Topliss-reactive ketones (excluding diaryl/α,β-unsaturated/α-hetero) is 1. The Labute approximate surface area is 113 Å². The monoisotopic (exact) mass is 264 g/mol. The molecule has 2 nitrogen and oxygen atoms in total. The van der Waals surface area contributed by atoms with Gasteiger partial charge in [-0.3, -0.25) is 4.79 Å². The van der Waals surface area contributed by atoms with Gasteiger partial charge in [-0.1, -0.05) is 19.1 Å². The lowest BCUT2D eigenvalue weighted by Crippen LogP contribution is -2.08. The van der Waals surface area contributed by atoms with Crippen LogP contribution >= 0.6 is 11.8 Å². The van der Waals surface area contributed by atoms with E-state index in [1.54, 1.807) is 11.8 Å². The average molecular weight is 264 g/mol. The first-order valence-electron chi connectivity index (χ1n) is 6.54. The van der Waals surface area contributed by atoms with Gasteiger partial charge in [0.2, 0.25) is 0 Å². The molecule has 0 bridgehead atoms. The highest BCUT2D eigenvalue weighted by molar-refractivity contribution is 7.99. The quantitative estimate of drug-likeness (QED) is 0.803. The van der Waals surface area contributed by atoms with Crippen LogP contribution in [0.15, 0.2) is 18.2 Å². The molecular weight excluding hydrogens is 244 g/mol. The minimum Gasteiger partial charge on any atom is -0.396 e. The first kappa shape index (κ1) is 13.6. The molecule has 0 aromatic heterocycles. The predicted molar refractivity (Wildman–Crippen MR) is 76.4 cm³/mol. The maximum atomic E-state index is 12.0. The van der Waals surface area contributed by atoms with Gasteiger partial charge in [-0.15, -0.1) is 0 Å². The maximum absolute atomic E-state index is 12.0. The lowest BCUT2D eigenvalue weighted by atomic mass is 10.0. The lowest BCUT2D eigenvalue weighted by Gasteiger charge is -2.07. The molecule has 0 radical (unpaired) electrons. The number of carbonyl (C=O) groups excluding carboxylic acids is 1. The minimum atomic E-state index is 0.194. The van der Waals surface area contributed by atoms with E-state index >= 15 is 0 Å². The van der Waals surface area contributed by atoms with Crippen molar-refractivity contribution >= 4 is 17.5 Å². The van der Waals surface area contributed by atoms with Crippen molar-refractivity contribution in [3.8, 4) is 0 Å². The summed E-state index contributed by atoms with van der Waals surface area (Å²) in [4.78, 5) is 12.0. The molecule has 1 aromatic carbocycles. The second-order valence-corrected chi connectivity index (χ2v) is 6.09. The molecular formula is C15H20O2S. The molecule has 1 aliphatic carbocycles. The number of carbonyl (C=O) groups is 1. The number of rotatable bonds is 6. The van der Waals surface area contributed by atoms with Crippen molar-refractivity contribution < 1.29 is 9.90 Å². The van der Waals surface area contributed by atoms with Crippen molar-refractivity contribution in [2.24, 2.45) is 5.92 Å². The number of hydrogen-bond acceptors (Lipinski definition) is 3. The molecule has 1 atom stereocenters. The molecule has 0 amide bonds. The van der Waals surface area contributed by atoms with Crippen LogP contribution in [0.4, 0.5) is 0 Å². The molecule has 0 fully saturated rings. The summed E-state index contributed by atoms with van der Waals surface area (Å²) in [6, 6.07) is 6.14. The van der Waals surface area contributed by atoms with E-state index in [1.807, 2.05) is 13.0 Å². The number of ketones is 1. The van der Waals surface area contributed by atoms with Crippen LogP contribution in [0, 0.1) is 5.92 Å². The van der Waals surface area contributed by atoms with E-state index in [9.17, 15) is 4.79 Å². The zero-order chi connectivity index (χ0) is 13.0. The summed E-state index contributed by atoms with van der Waals surface area (Å²) in [6.07, 6.45) is 3.49. The van der Waals surface area contributed by atoms with Crippen molar-refractivity contribution in [2.45, 2.75) is 26.2 Å². The summed E-state index contributed by atoms with van der Waals surface area (Å²) < 4.78 is 0. The van der Waals surface area contributed by atoms with Gasteiger partial charge in [0.05, 0.1) is 5.75 Å². The number of thioether (sulfide) groups is 1. The number of aliphatic hydroxyl groups is 1. The van der Waals surface area contributed by atoms with E-state index in [2.05, 4.69) is 12.1 Å². The van der Waals surface area contributed by atoms with Gasteiger partial charge in [0.25, 0.3) is 0 Å². The van der Waals surface area contributed by atoms with E-state index in [-0.39, 0.29) is 18.3 Å². The molecule has 1 unspecified atom stereocenters. The first-order chi connectivity index (χ1) is 8.70. The van der Waals surface area contributed by atoms with Gasteiger partial charge in [-0.25, -0.2) is 0 Å². The van der Waals surface area contributed by atoms with Gasteiger partial charge < -0.3 is 5.11 Å². The van der Waals surface area contributed by atoms with Crippen molar-refractivity contribution in [2.75, 3.05) is 18.1 Å². The number of benzene rings is 1. The topological polar surface area (TPSA) is 37.3 Å². The second kappa shape index (κ2) is 6.39. The highest BCUT2D eigenvalue weighted by Gasteiger charge is 2.14. The Kier molecular flexibility index (Phi) is 4.84. The second-order valence-electron chi connectivity index (χ2n) is 5.06. The Morgan fingerprint density at radius 1 is 1.39 bits per heavy atom. The smallest absolute Gasteiger partial charge is 0.172 e. The van der Waals surface area contributed by atoms with Crippen molar-refractivity contribution in [1.82, 2.24) is 0 Å². The molecule has 0 spiro atoms. The lowest BCUT2D eigenvalue weighted by molar-refractivity contribution is 0.102. The third-order valence-electron chi connectivity index (χ3n) is 3.37. The highest BCUT2D eigenvalue weighted by Crippen LogP contribution is 2.23. The normalized spacial score (nSPS) is 15.4. The summed E-state index contributed by atoms with van der Waals surface area (Å²) in [5.41, 5.74) is 3.61. The maximum Gasteiger partial charge on any atom is 0.172 e. The van der Waals surface area contributed by atoms with Crippen LogP contribution in [0.3, 0.4) is 0 Å². The molecule has 1 aliphatic rings. The molecule has 98 valence electrons. The fourth-order valence-electron chi connectivity index (χ4n) is 2.23. The molecule has 0 saturated heterocycles. The van der Waals surface area contributed by atoms with Crippen LogP contribution in [-0.4, -0.2) is 29.0 Å². The molecule has 1 N–H and O–H groups in total. The molecule has 1 aromatic rings. The standard InChI is InChI=1S/C15H20O2S/c1-11(8-16)9-18-10-15(17)14-6-5-12-3-2-4-13(12)7-14/h5-7,11,16H,2-4,8-10H2,1H3. The van der Waals surface area contributed by atoms with Crippen molar-refractivity contribution in [3.05, 3.63) is 34.9 Å². The zero-order valence-electron chi connectivity index (χ0n) is 10.8. The fourth-order valence-corrected chi connectivity index (χ4v) is 3.21. The van der Waals surface area contributed by atoms with Gasteiger partial charge in [-0.05, 0) is 48.1 Å². The van der Waals surface area contributed by atoms with Gasteiger partial charge in [0, 0.05) is 12.2 Å². The van der Waals surface area contributed by atoms with Gasteiger partial charge in [-0.2, -0.15) is 11.8 Å². The van der Waals surface area contributed by atoms with Crippen LogP contribution in [0.5, 0.6) is 0 Å². The highest BCUT2D eigenvalue weighted by atomic mass is 32.2. The molecule has 0 heterocycles. The Bertz CT molecular complexity index is 429. The van der Waals surface area contributed by atoms with Crippen molar-refractivity contribution in [3.63, 3.8) is 0 Å². The predicted octanol–water partition coefficient (Wildman–Crippen LogP) is 2.72. The summed E-state index contributed by atoms with van der Waals surface area (Å²) in [6.45, 7) is 2.19. The Morgan fingerprint density at radius 3 is 2.94 bits per heavy atom. The zero-order valence-corrected chi connectivity index (χ0v) is 11.6. The average Bonchev–Trinajstić information content (AvgIpc) is 2.85. The van der Waals surface area contributed by atoms with E-state index in [1.165, 1.54) is 17.5 Å². The summed E-state index contributed by atoms with van der Waals surface area (Å²) in [5, 5.41) is 8.92. The van der Waals surface area contributed by atoms with Crippen LogP contribution in [0.2, 0.25) is 0 Å². The first-order valence-corrected chi connectivity index (χ1v) is 7.69. The van der Waals surface area contributed by atoms with Crippen LogP contribution in [-0.2, 0) is 12.8 Å². The Hall–Kier alpha value is -0.800. The summed E-state index contributed by atoms with van der Waals surface area (Å²) in [5.74, 6) is 1.83. The molecule has 18 heavy (non-hydrogen) atoms. The third-order valence-corrected chi connectivity index (χ3v) is 4.64. The van der Waals surface area contributed by atoms with Crippen LogP contribution in [0.1, 0.15) is 34.8 Å². The van der Waals surface area contributed by atoms with Gasteiger partial charge in [0.1, 0.15) is 0 Å². The number of fused-ring (bicyclic) bond motifs is 1. The number of aliphatic hydroxyl groups excluding tert-OH is 1. The third kappa shape index (κ3) is 3.36. The summed E-state index contributed by atoms with van der Waals surface area (Å²) in [7, 11) is 0. The van der Waals surface area contributed by atoms with Gasteiger partial charge >= 0.3 is 0 Å². The molecule has 0 saturated carbocycles. The van der Waals surface area contributed by atoms with E-state index in [0.717, 1.165) is 24.2 Å². The minimum absolute atomic E-state index is 0.194. The molecule has 0 aliphatic heterocycles. The molecule has 3 heteroatoms. The fraction of sp³-hybridized carbons (Fsp3) is 0.533.